The van der Waals surface area contributed by atoms with Gasteiger partial charge in [-0.15, -0.1) is 0 Å². The van der Waals surface area contributed by atoms with E-state index < -0.39 is 0 Å². The van der Waals surface area contributed by atoms with Crippen LogP contribution in [0.3, 0.4) is 0 Å². The van der Waals surface area contributed by atoms with Gasteiger partial charge in [0.05, 0.1) is 0 Å². The highest BCUT2D eigenvalue weighted by Crippen LogP contribution is 2.25. The number of anilines is 1. The molecule has 0 heterocycles. The van der Waals surface area contributed by atoms with E-state index in [0.29, 0.717) is 0 Å². The van der Waals surface area contributed by atoms with Crippen LogP contribution in [0.25, 0.3) is 21.5 Å². The molecule has 0 aliphatic carbocycles. The number of nitrogen functional groups attached to an aromatic ring is 1. The summed E-state index contributed by atoms with van der Waals surface area (Å²) in [6, 6.07) is 27.7. The minimum Gasteiger partial charge on any atom is -0.398 e. The number of nitrogens with two attached hydrogens (primary N) is 1. The highest BCUT2D eigenvalue weighted by molar-refractivity contribution is 5.87. The van der Waals surface area contributed by atoms with Crippen LogP contribution in [-0.4, -0.2) is 0 Å². The number of hydrogen-bond acceptors (Lipinski definition) is 1. The Kier molecular flexibility index (Phi) is 3.05. The van der Waals surface area contributed by atoms with Crippen LogP contribution in [0.15, 0.2) is 78.9 Å². The molecule has 106 valence electrons. The van der Waals surface area contributed by atoms with Gasteiger partial charge in [-0.2, -0.15) is 0 Å². The van der Waals surface area contributed by atoms with Crippen LogP contribution in [0.4, 0.5) is 5.69 Å². The fraction of sp³-hybridized carbons (Fsp3) is 0.0476. The van der Waals surface area contributed by atoms with Crippen molar-refractivity contribution in [3.63, 3.8) is 0 Å². The van der Waals surface area contributed by atoms with Gasteiger partial charge in [0.1, 0.15) is 0 Å². The standard InChI is InChI=1S/C21H17N/c22-21-14-19-8-4-3-7-18(19)13-20(21)12-15-9-10-16-5-1-2-6-17(16)11-15/h1-11,13-14H,12,22H2. The van der Waals surface area contributed by atoms with E-state index in [4.69, 9.17) is 5.73 Å². The van der Waals surface area contributed by atoms with E-state index in [1.54, 1.807) is 0 Å². The first-order chi connectivity index (χ1) is 10.8. The van der Waals surface area contributed by atoms with E-state index in [9.17, 15) is 0 Å². The number of fused-ring (bicyclic) bond motifs is 2. The van der Waals surface area contributed by atoms with Crippen LogP contribution >= 0.6 is 0 Å². The van der Waals surface area contributed by atoms with Gasteiger partial charge >= 0.3 is 0 Å². The molecule has 0 unspecified atom stereocenters. The van der Waals surface area contributed by atoms with Crippen LogP contribution in [0.2, 0.25) is 0 Å². The van der Waals surface area contributed by atoms with Gasteiger partial charge in [-0.05, 0) is 51.2 Å². The van der Waals surface area contributed by atoms with E-state index in [2.05, 4.69) is 72.8 Å². The molecular formula is C21H17N. The predicted octanol–water partition coefficient (Wildman–Crippen LogP) is 5.17. The second kappa shape index (κ2) is 5.19. The van der Waals surface area contributed by atoms with Crippen molar-refractivity contribution >= 4 is 27.2 Å². The minimum atomic E-state index is 0.863. The van der Waals surface area contributed by atoms with E-state index in [1.165, 1.54) is 32.7 Å². The first kappa shape index (κ1) is 12.9. The molecule has 4 aromatic carbocycles. The SMILES string of the molecule is Nc1cc2ccccc2cc1Cc1ccc2ccccc2c1. The Morgan fingerprint density at radius 1 is 0.591 bits per heavy atom. The van der Waals surface area contributed by atoms with Gasteiger partial charge in [0.25, 0.3) is 0 Å². The third kappa shape index (κ3) is 2.31. The van der Waals surface area contributed by atoms with Crippen molar-refractivity contribution in [2.24, 2.45) is 0 Å². The zero-order valence-corrected chi connectivity index (χ0v) is 12.3. The Morgan fingerprint density at radius 3 is 1.91 bits per heavy atom. The van der Waals surface area contributed by atoms with Gasteiger partial charge in [-0.1, -0.05) is 66.7 Å². The summed E-state index contributed by atoms with van der Waals surface area (Å²) in [5, 5.41) is 4.99. The van der Waals surface area contributed by atoms with Gasteiger partial charge < -0.3 is 5.73 Å². The van der Waals surface area contributed by atoms with Crippen molar-refractivity contribution in [2.75, 3.05) is 5.73 Å². The molecular weight excluding hydrogens is 266 g/mol. The lowest BCUT2D eigenvalue weighted by molar-refractivity contribution is 1.21. The zero-order chi connectivity index (χ0) is 14.9. The maximum Gasteiger partial charge on any atom is 0.0356 e. The van der Waals surface area contributed by atoms with E-state index in [1.807, 2.05) is 6.07 Å². The molecule has 0 atom stereocenters. The number of hydrogen-bond donors (Lipinski definition) is 1. The van der Waals surface area contributed by atoms with Crippen molar-refractivity contribution in [3.05, 3.63) is 90.0 Å². The quantitative estimate of drug-likeness (QED) is 0.505. The van der Waals surface area contributed by atoms with Crippen LogP contribution in [-0.2, 0) is 6.42 Å². The monoisotopic (exact) mass is 283 g/mol. The maximum absolute atomic E-state index is 6.25. The molecule has 1 nitrogen and oxygen atoms in total. The van der Waals surface area contributed by atoms with E-state index >= 15 is 0 Å². The molecule has 2 N–H and O–H groups in total. The molecule has 0 amide bonds. The molecule has 22 heavy (non-hydrogen) atoms. The maximum atomic E-state index is 6.25. The summed E-state index contributed by atoms with van der Waals surface area (Å²) in [7, 11) is 0. The number of benzene rings is 4. The van der Waals surface area contributed by atoms with E-state index in [-0.39, 0.29) is 0 Å². The molecule has 0 saturated heterocycles. The van der Waals surface area contributed by atoms with Crippen molar-refractivity contribution in [1.29, 1.82) is 0 Å². The molecule has 0 saturated carbocycles. The summed E-state index contributed by atoms with van der Waals surface area (Å²) >= 11 is 0. The summed E-state index contributed by atoms with van der Waals surface area (Å²) in [6.45, 7) is 0. The zero-order valence-electron chi connectivity index (χ0n) is 12.3. The lowest BCUT2D eigenvalue weighted by Gasteiger charge is -2.09. The predicted molar refractivity (Wildman–Crippen MR) is 95.1 cm³/mol. The van der Waals surface area contributed by atoms with Crippen molar-refractivity contribution in [3.8, 4) is 0 Å². The first-order valence-electron chi connectivity index (χ1n) is 7.54. The molecule has 0 fully saturated rings. The fourth-order valence-corrected chi connectivity index (χ4v) is 3.03. The summed E-state index contributed by atoms with van der Waals surface area (Å²) in [5.74, 6) is 0. The Hall–Kier alpha value is -2.80. The summed E-state index contributed by atoms with van der Waals surface area (Å²) < 4.78 is 0. The van der Waals surface area contributed by atoms with Crippen LogP contribution in [0.5, 0.6) is 0 Å². The molecule has 0 bridgehead atoms. The van der Waals surface area contributed by atoms with Gasteiger partial charge in [0, 0.05) is 5.69 Å². The lowest BCUT2D eigenvalue weighted by Crippen LogP contribution is -1.96. The highest BCUT2D eigenvalue weighted by Gasteiger charge is 2.04. The highest BCUT2D eigenvalue weighted by atomic mass is 14.6. The molecule has 4 aromatic rings. The molecule has 0 spiro atoms. The third-order valence-corrected chi connectivity index (χ3v) is 4.22. The Morgan fingerprint density at radius 2 is 1.18 bits per heavy atom. The van der Waals surface area contributed by atoms with Crippen molar-refractivity contribution in [1.82, 2.24) is 0 Å². The average Bonchev–Trinajstić information content (AvgIpc) is 2.55. The van der Waals surface area contributed by atoms with Crippen LogP contribution in [0, 0.1) is 0 Å². The summed E-state index contributed by atoms with van der Waals surface area (Å²) in [5.41, 5.74) is 9.60. The minimum absolute atomic E-state index is 0.863. The topological polar surface area (TPSA) is 26.0 Å². The Labute approximate surface area is 130 Å². The molecule has 0 radical (unpaired) electrons. The first-order valence-corrected chi connectivity index (χ1v) is 7.54. The van der Waals surface area contributed by atoms with Crippen LogP contribution < -0.4 is 5.73 Å². The normalized spacial score (nSPS) is 11.1. The average molecular weight is 283 g/mol. The largest absolute Gasteiger partial charge is 0.398 e. The second-order valence-electron chi connectivity index (χ2n) is 5.76. The van der Waals surface area contributed by atoms with Gasteiger partial charge in [0.15, 0.2) is 0 Å². The molecule has 0 aliphatic heterocycles. The summed E-state index contributed by atoms with van der Waals surface area (Å²) in [4.78, 5) is 0. The molecule has 4 rings (SSSR count). The smallest absolute Gasteiger partial charge is 0.0356 e. The number of rotatable bonds is 2. The fourth-order valence-electron chi connectivity index (χ4n) is 3.03. The van der Waals surface area contributed by atoms with Gasteiger partial charge in [0.2, 0.25) is 0 Å². The lowest BCUT2D eigenvalue weighted by atomic mass is 9.98. The van der Waals surface area contributed by atoms with Crippen molar-refractivity contribution < 1.29 is 0 Å². The van der Waals surface area contributed by atoms with Gasteiger partial charge in [-0.25, -0.2) is 0 Å². The molecule has 0 aliphatic rings. The van der Waals surface area contributed by atoms with Crippen LogP contribution in [0.1, 0.15) is 11.1 Å². The third-order valence-electron chi connectivity index (χ3n) is 4.22. The molecule has 0 aromatic heterocycles. The molecule has 1 heteroatoms. The second-order valence-corrected chi connectivity index (χ2v) is 5.76. The van der Waals surface area contributed by atoms with Crippen molar-refractivity contribution in [2.45, 2.75) is 6.42 Å². The van der Waals surface area contributed by atoms with E-state index in [0.717, 1.165) is 12.1 Å². The Bertz CT molecular complexity index is 970. The van der Waals surface area contributed by atoms with Gasteiger partial charge in [-0.3, -0.25) is 0 Å². The summed E-state index contributed by atoms with van der Waals surface area (Å²) in [6.07, 6.45) is 0.863. The Balaban J connectivity index is 1.76.